The number of aromatic nitrogens is 2. The normalized spacial score (nSPS) is 15.5. The molecule has 0 saturated heterocycles. The highest BCUT2D eigenvalue weighted by Gasteiger charge is 2.29. The van der Waals surface area contributed by atoms with Gasteiger partial charge in [-0.1, -0.05) is 60.1 Å². The number of anilines is 1. The smallest absolute Gasteiger partial charge is 0.343 e. The van der Waals surface area contributed by atoms with Gasteiger partial charge in [-0.25, -0.2) is 9.48 Å². The molecule has 4 rings (SSSR count). The molecule has 1 aliphatic heterocycles. The second-order valence-electron chi connectivity index (χ2n) is 7.75. The maximum absolute atomic E-state index is 12.9. The van der Waals surface area contributed by atoms with Gasteiger partial charge in [0.25, 0.3) is 5.91 Å². The number of carbonyl (C=O) groups excluding carboxylic acids is 2. The van der Waals surface area contributed by atoms with Gasteiger partial charge in [0.1, 0.15) is 10.7 Å². The topological polar surface area (TPSA) is 64.4 Å². The van der Waals surface area contributed by atoms with Gasteiger partial charge in [-0.15, -0.1) is 0 Å². The minimum atomic E-state index is -0.645. The molecule has 0 bridgehead atoms. The number of aryl methyl sites for hydroxylation is 2. The van der Waals surface area contributed by atoms with Gasteiger partial charge in [-0.3, -0.25) is 4.79 Å². The molecule has 1 aliphatic rings. The zero-order chi connectivity index (χ0) is 22.0. The molecule has 1 atom stereocenters. The van der Waals surface area contributed by atoms with Crippen LogP contribution < -0.4 is 4.90 Å². The maximum Gasteiger partial charge on any atom is 0.343 e. The Balaban J connectivity index is 1.46. The summed E-state index contributed by atoms with van der Waals surface area (Å²) in [6, 6.07) is 17.6. The van der Waals surface area contributed by atoms with Crippen LogP contribution in [0.2, 0.25) is 5.15 Å². The van der Waals surface area contributed by atoms with Crippen LogP contribution in [0.15, 0.2) is 54.6 Å². The molecule has 0 aliphatic carbocycles. The Morgan fingerprint density at radius 2 is 1.84 bits per heavy atom. The Morgan fingerprint density at radius 1 is 1.13 bits per heavy atom. The molecule has 1 amide bonds. The monoisotopic (exact) mass is 437 g/mol. The van der Waals surface area contributed by atoms with Gasteiger partial charge < -0.3 is 9.64 Å². The molecule has 0 spiro atoms. The fraction of sp³-hybridized carbons (Fsp3) is 0.292. The van der Waals surface area contributed by atoms with Crippen LogP contribution in [0.5, 0.6) is 0 Å². The van der Waals surface area contributed by atoms with E-state index in [9.17, 15) is 9.59 Å². The number of para-hydroxylation sites is 1. The third-order valence-electron chi connectivity index (χ3n) is 5.56. The summed E-state index contributed by atoms with van der Waals surface area (Å²) in [6.45, 7) is 3.80. The minimum absolute atomic E-state index is 0.0417. The Labute approximate surface area is 186 Å². The van der Waals surface area contributed by atoms with Crippen LogP contribution in [-0.2, 0) is 22.5 Å². The van der Waals surface area contributed by atoms with Crippen molar-refractivity contribution in [2.75, 3.05) is 11.5 Å². The first-order valence-electron chi connectivity index (χ1n) is 10.3. The number of amides is 1. The number of halogens is 1. The van der Waals surface area contributed by atoms with Gasteiger partial charge in [0.2, 0.25) is 0 Å². The van der Waals surface area contributed by atoms with Crippen LogP contribution >= 0.6 is 11.6 Å². The summed E-state index contributed by atoms with van der Waals surface area (Å²) in [5.74, 6) is -0.897. The zero-order valence-electron chi connectivity index (χ0n) is 17.5. The lowest BCUT2D eigenvalue weighted by Crippen LogP contribution is -2.44. The lowest BCUT2D eigenvalue weighted by atomic mass is 9.96. The molecule has 6 nitrogen and oxygen atoms in total. The van der Waals surface area contributed by atoms with Crippen LogP contribution in [0, 0.1) is 6.92 Å². The van der Waals surface area contributed by atoms with Crippen LogP contribution in [0.3, 0.4) is 0 Å². The van der Waals surface area contributed by atoms with E-state index in [1.165, 1.54) is 0 Å². The predicted octanol–water partition coefficient (Wildman–Crippen LogP) is 4.42. The number of rotatable bonds is 5. The van der Waals surface area contributed by atoms with Gasteiger partial charge in [0.05, 0.1) is 12.2 Å². The number of carbonyl (C=O) groups is 2. The summed E-state index contributed by atoms with van der Waals surface area (Å²) in [5, 5.41) is 4.58. The standard InChI is InChI=1S/C24H24ClN3O3/c1-16-12-13-19-10-6-7-11-20(19)28(16)21(29)15-31-24(30)22-17(2)26-27(23(22)25)14-18-8-4-3-5-9-18/h3-11,16H,12-15H2,1-2H3. The quantitative estimate of drug-likeness (QED) is 0.554. The molecule has 3 aromatic rings. The van der Waals surface area contributed by atoms with Crippen molar-refractivity contribution >= 4 is 29.2 Å². The summed E-state index contributed by atoms with van der Waals surface area (Å²) < 4.78 is 6.93. The largest absolute Gasteiger partial charge is 0.452 e. The van der Waals surface area contributed by atoms with Crippen molar-refractivity contribution in [3.05, 3.63) is 82.1 Å². The van der Waals surface area contributed by atoms with Gasteiger partial charge in [0, 0.05) is 11.7 Å². The number of hydrogen-bond donors (Lipinski definition) is 0. The molecule has 31 heavy (non-hydrogen) atoms. The molecule has 2 aromatic carbocycles. The van der Waals surface area contributed by atoms with E-state index >= 15 is 0 Å². The van der Waals surface area contributed by atoms with Crippen molar-refractivity contribution in [2.24, 2.45) is 0 Å². The molecule has 7 heteroatoms. The van der Waals surface area contributed by atoms with Crippen LogP contribution in [0.1, 0.15) is 40.5 Å². The summed E-state index contributed by atoms with van der Waals surface area (Å²) >= 11 is 6.43. The maximum atomic E-state index is 12.9. The molecule has 2 heterocycles. The molecular formula is C24H24ClN3O3. The second kappa shape index (κ2) is 8.94. The summed E-state index contributed by atoms with van der Waals surface area (Å²) in [7, 11) is 0. The molecule has 0 N–H and O–H groups in total. The van der Waals surface area contributed by atoms with Crippen molar-refractivity contribution in [2.45, 2.75) is 39.3 Å². The Bertz CT molecular complexity index is 1110. The Morgan fingerprint density at radius 3 is 2.61 bits per heavy atom. The van der Waals surface area contributed by atoms with Crippen molar-refractivity contribution < 1.29 is 14.3 Å². The van der Waals surface area contributed by atoms with E-state index in [2.05, 4.69) is 5.10 Å². The van der Waals surface area contributed by atoms with E-state index in [0.29, 0.717) is 12.2 Å². The van der Waals surface area contributed by atoms with Gasteiger partial charge in [0.15, 0.2) is 6.61 Å². The number of esters is 1. The predicted molar refractivity (Wildman–Crippen MR) is 120 cm³/mol. The number of hydrogen-bond acceptors (Lipinski definition) is 4. The molecule has 0 radical (unpaired) electrons. The van der Waals surface area contributed by atoms with E-state index < -0.39 is 5.97 Å². The summed E-state index contributed by atoms with van der Waals surface area (Å²) in [6.07, 6.45) is 1.80. The summed E-state index contributed by atoms with van der Waals surface area (Å²) in [4.78, 5) is 27.4. The number of benzene rings is 2. The average molecular weight is 438 g/mol. The highest BCUT2D eigenvalue weighted by Crippen LogP contribution is 2.30. The Hall–Kier alpha value is -3.12. The van der Waals surface area contributed by atoms with E-state index in [1.54, 1.807) is 16.5 Å². The van der Waals surface area contributed by atoms with Crippen LogP contribution in [-0.4, -0.2) is 34.3 Å². The minimum Gasteiger partial charge on any atom is -0.452 e. The number of fused-ring (bicyclic) bond motifs is 1. The van der Waals surface area contributed by atoms with Gasteiger partial charge >= 0.3 is 5.97 Å². The first-order valence-corrected chi connectivity index (χ1v) is 10.7. The SMILES string of the molecule is Cc1nn(Cc2ccccc2)c(Cl)c1C(=O)OCC(=O)N1c2ccccc2CCC1C. The summed E-state index contributed by atoms with van der Waals surface area (Å²) in [5.41, 5.74) is 3.68. The molecule has 1 unspecified atom stereocenters. The average Bonchev–Trinajstić information content (AvgIpc) is 3.05. The van der Waals surface area contributed by atoms with Crippen LogP contribution in [0.4, 0.5) is 5.69 Å². The molecule has 0 saturated carbocycles. The highest BCUT2D eigenvalue weighted by molar-refractivity contribution is 6.32. The van der Waals surface area contributed by atoms with E-state index in [0.717, 1.165) is 29.7 Å². The first kappa shape index (κ1) is 21.1. The van der Waals surface area contributed by atoms with Gasteiger partial charge in [-0.05, 0) is 43.9 Å². The molecular weight excluding hydrogens is 414 g/mol. The zero-order valence-corrected chi connectivity index (χ0v) is 18.3. The number of ether oxygens (including phenoxy) is 1. The Kier molecular flexibility index (Phi) is 6.09. The lowest BCUT2D eigenvalue weighted by molar-refractivity contribution is -0.122. The van der Waals surface area contributed by atoms with Crippen molar-refractivity contribution in [3.8, 4) is 0 Å². The van der Waals surface area contributed by atoms with E-state index in [1.807, 2.05) is 61.5 Å². The van der Waals surface area contributed by atoms with Gasteiger partial charge in [-0.2, -0.15) is 5.10 Å². The van der Waals surface area contributed by atoms with Crippen molar-refractivity contribution in [1.29, 1.82) is 0 Å². The van der Waals surface area contributed by atoms with E-state index in [-0.39, 0.29) is 29.3 Å². The van der Waals surface area contributed by atoms with Crippen LogP contribution in [0.25, 0.3) is 0 Å². The molecule has 1 aromatic heterocycles. The second-order valence-corrected chi connectivity index (χ2v) is 8.11. The third kappa shape index (κ3) is 4.35. The molecule has 0 fully saturated rings. The van der Waals surface area contributed by atoms with E-state index in [4.69, 9.17) is 16.3 Å². The lowest BCUT2D eigenvalue weighted by Gasteiger charge is -2.35. The fourth-order valence-electron chi connectivity index (χ4n) is 3.98. The number of nitrogens with zero attached hydrogens (tertiary/aromatic N) is 3. The van der Waals surface area contributed by atoms with Crippen molar-refractivity contribution in [3.63, 3.8) is 0 Å². The highest BCUT2D eigenvalue weighted by atomic mass is 35.5. The molecule has 160 valence electrons. The fourth-order valence-corrected chi connectivity index (χ4v) is 4.30. The first-order chi connectivity index (χ1) is 15.0. The third-order valence-corrected chi connectivity index (χ3v) is 5.95. The van der Waals surface area contributed by atoms with Crippen molar-refractivity contribution in [1.82, 2.24) is 9.78 Å².